The van der Waals surface area contributed by atoms with Crippen LogP contribution in [0.3, 0.4) is 0 Å². The topological polar surface area (TPSA) is 49.3 Å². The lowest BCUT2D eigenvalue weighted by Crippen LogP contribution is -2.40. The van der Waals surface area contributed by atoms with E-state index in [2.05, 4.69) is 5.32 Å². The van der Waals surface area contributed by atoms with Crippen molar-refractivity contribution in [2.45, 2.75) is 37.5 Å². The summed E-state index contributed by atoms with van der Waals surface area (Å²) in [7, 11) is 0. The molecule has 1 saturated carbocycles. The Morgan fingerprint density at radius 2 is 1.89 bits per heavy atom. The van der Waals surface area contributed by atoms with Gasteiger partial charge in [0, 0.05) is 5.69 Å². The summed E-state index contributed by atoms with van der Waals surface area (Å²) < 4.78 is 37.6. The van der Waals surface area contributed by atoms with Crippen LogP contribution in [0, 0.1) is 0 Å². The second-order valence-corrected chi connectivity index (χ2v) is 4.77. The van der Waals surface area contributed by atoms with Gasteiger partial charge in [-0.1, -0.05) is 6.07 Å². The number of hydrogen-bond donors (Lipinski definition) is 2. The minimum Gasteiger partial charge on any atom is -0.380 e. The Kier molecular flexibility index (Phi) is 3.54. The molecule has 1 amide bonds. The summed E-state index contributed by atoms with van der Waals surface area (Å²) in [6, 6.07) is 4.37. The monoisotopic (exact) mass is 273 g/mol. The summed E-state index contributed by atoms with van der Waals surface area (Å²) in [5, 5.41) is 12.4. The van der Waals surface area contributed by atoms with E-state index in [1.807, 2.05) is 0 Å². The lowest BCUT2D eigenvalue weighted by molar-refractivity contribution is -0.137. The molecule has 0 unspecified atom stereocenters. The van der Waals surface area contributed by atoms with Crippen LogP contribution in [0.4, 0.5) is 18.9 Å². The fourth-order valence-electron chi connectivity index (χ4n) is 2.21. The van der Waals surface area contributed by atoms with E-state index in [4.69, 9.17) is 0 Å². The first kappa shape index (κ1) is 13.9. The molecule has 1 aromatic rings. The van der Waals surface area contributed by atoms with Crippen LogP contribution in [0.25, 0.3) is 0 Å². The number of alkyl halides is 3. The smallest absolute Gasteiger partial charge is 0.380 e. The highest BCUT2D eigenvalue weighted by atomic mass is 19.4. The largest absolute Gasteiger partial charge is 0.416 e. The molecule has 1 aromatic carbocycles. The summed E-state index contributed by atoms with van der Waals surface area (Å²) in [6.45, 7) is 0. The van der Waals surface area contributed by atoms with Crippen LogP contribution in [0.1, 0.15) is 31.2 Å². The Morgan fingerprint density at radius 1 is 1.26 bits per heavy atom. The van der Waals surface area contributed by atoms with Crippen LogP contribution in [-0.4, -0.2) is 16.6 Å². The van der Waals surface area contributed by atoms with E-state index in [0.717, 1.165) is 25.0 Å². The second kappa shape index (κ2) is 4.85. The van der Waals surface area contributed by atoms with Crippen LogP contribution in [0.2, 0.25) is 0 Å². The van der Waals surface area contributed by atoms with Crippen molar-refractivity contribution in [3.8, 4) is 0 Å². The standard InChI is InChI=1S/C13H14F3NO2/c14-13(15,16)9-4-3-5-10(8-9)17-11(18)12(19)6-1-2-7-12/h3-5,8,19H,1-2,6-7H2,(H,17,18). The molecule has 0 bridgehead atoms. The minimum atomic E-state index is -4.45. The van der Waals surface area contributed by atoms with Gasteiger partial charge in [-0.05, 0) is 43.9 Å². The number of nitrogens with one attached hydrogen (secondary N) is 1. The summed E-state index contributed by atoms with van der Waals surface area (Å²) in [5.41, 5.74) is -2.24. The maximum absolute atomic E-state index is 12.5. The predicted molar refractivity (Wildman–Crippen MR) is 63.5 cm³/mol. The zero-order valence-electron chi connectivity index (χ0n) is 10.1. The lowest BCUT2D eigenvalue weighted by atomic mass is 10.0. The molecule has 0 radical (unpaired) electrons. The van der Waals surface area contributed by atoms with E-state index < -0.39 is 23.2 Å². The van der Waals surface area contributed by atoms with Gasteiger partial charge in [-0.15, -0.1) is 0 Å². The SMILES string of the molecule is O=C(Nc1cccc(C(F)(F)F)c1)C1(O)CCCC1. The normalized spacial score (nSPS) is 18.3. The average Bonchev–Trinajstić information content (AvgIpc) is 2.77. The van der Waals surface area contributed by atoms with Gasteiger partial charge in [-0.25, -0.2) is 0 Å². The number of anilines is 1. The predicted octanol–water partition coefficient (Wildman–Crippen LogP) is 2.95. The highest BCUT2D eigenvalue weighted by Crippen LogP contribution is 2.33. The molecule has 2 rings (SSSR count). The molecule has 0 saturated heterocycles. The fraction of sp³-hybridized carbons (Fsp3) is 0.462. The van der Waals surface area contributed by atoms with Crippen molar-refractivity contribution >= 4 is 11.6 Å². The molecule has 19 heavy (non-hydrogen) atoms. The van der Waals surface area contributed by atoms with Gasteiger partial charge in [-0.2, -0.15) is 13.2 Å². The number of carbonyl (C=O) groups excluding carboxylic acids is 1. The van der Waals surface area contributed by atoms with Crippen molar-refractivity contribution in [1.82, 2.24) is 0 Å². The van der Waals surface area contributed by atoms with Gasteiger partial charge in [-0.3, -0.25) is 4.79 Å². The van der Waals surface area contributed by atoms with Gasteiger partial charge in [0.05, 0.1) is 5.56 Å². The van der Waals surface area contributed by atoms with E-state index in [1.165, 1.54) is 12.1 Å². The van der Waals surface area contributed by atoms with Gasteiger partial charge in [0.1, 0.15) is 5.60 Å². The summed E-state index contributed by atoms with van der Waals surface area (Å²) in [4.78, 5) is 11.9. The fourth-order valence-corrected chi connectivity index (χ4v) is 2.21. The highest BCUT2D eigenvalue weighted by molar-refractivity contribution is 5.97. The van der Waals surface area contributed by atoms with E-state index in [1.54, 1.807) is 0 Å². The van der Waals surface area contributed by atoms with Gasteiger partial charge in [0.2, 0.25) is 0 Å². The summed E-state index contributed by atoms with van der Waals surface area (Å²) in [5.74, 6) is -0.635. The Morgan fingerprint density at radius 3 is 2.47 bits per heavy atom. The number of benzene rings is 1. The van der Waals surface area contributed by atoms with Crippen molar-refractivity contribution in [2.24, 2.45) is 0 Å². The van der Waals surface area contributed by atoms with Crippen LogP contribution in [-0.2, 0) is 11.0 Å². The van der Waals surface area contributed by atoms with Crippen LogP contribution < -0.4 is 5.32 Å². The van der Waals surface area contributed by atoms with Crippen molar-refractivity contribution < 1.29 is 23.1 Å². The Bertz CT molecular complexity index is 479. The third kappa shape index (κ3) is 3.07. The van der Waals surface area contributed by atoms with Crippen LogP contribution in [0.15, 0.2) is 24.3 Å². The van der Waals surface area contributed by atoms with Gasteiger partial charge in [0.15, 0.2) is 0 Å². The minimum absolute atomic E-state index is 0.0418. The van der Waals surface area contributed by atoms with Crippen molar-refractivity contribution in [3.63, 3.8) is 0 Å². The highest BCUT2D eigenvalue weighted by Gasteiger charge is 2.39. The summed E-state index contributed by atoms with van der Waals surface area (Å²) >= 11 is 0. The third-order valence-corrected chi connectivity index (χ3v) is 3.30. The zero-order chi connectivity index (χ0) is 14.1. The zero-order valence-corrected chi connectivity index (χ0v) is 10.1. The number of halogens is 3. The Hall–Kier alpha value is -1.56. The van der Waals surface area contributed by atoms with Gasteiger partial charge < -0.3 is 10.4 Å². The molecule has 104 valence electrons. The molecule has 2 N–H and O–H groups in total. The molecule has 0 aromatic heterocycles. The van der Waals surface area contributed by atoms with E-state index in [9.17, 15) is 23.1 Å². The maximum atomic E-state index is 12.5. The van der Waals surface area contributed by atoms with Crippen molar-refractivity contribution in [2.75, 3.05) is 5.32 Å². The average molecular weight is 273 g/mol. The molecule has 0 aliphatic heterocycles. The molecule has 0 heterocycles. The molecule has 1 aliphatic carbocycles. The summed E-state index contributed by atoms with van der Waals surface area (Å²) in [6.07, 6.45) is -2.28. The molecular weight excluding hydrogens is 259 g/mol. The third-order valence-electron chi connectivity index (χ3n) is 3.30. The first-order valence-corrected chi connectivity index (χ1v) is 6.02. The quantitative estimate of drug-likeness (QED) is 0.870. The second-order valence-electron chi connectivity index (χ2n) is 4.77. The van der Waals surface area contributed by atoms with E-state index >= 15 is 0 Å². The molecule has 0 atom stereocenters. The molecule has 6 heteroatoms. The van der Waals surface area contributed by atoms with Crippen molar-refractivity contribution in [1.29, 1.82) is 0 Å². The lowest BCUT2D eigenvalue weighted by Gasteiger charge is -2.21. The van der Waals surface area contributed by atoms with E-state index in [0.29, 0.717) is 12.8 Å². The molecule has 3 nitrogen and oxygen atoms in total. The Balaban J connectivity index is 2.13. The maximum Gasteiger partial charge on any atom is 0.416 e. The van der Waals surface area contributed by atoms with Gasteiger partial charge in [0.25, 0.3) is 5.91 Å². The first-order chi connectivity index (χ1) is 8.81. The number of aliphatic hydroxyl groups is 1. The number of hydrogen-bond acceptors (Lipinski definition) is 2. The molecule has 1 aliphatic rings. The molecule has 1 fully saturated rings. The van der Waals surface area contributed by atoms with Crippen LogP contribution in [0.5, 0.6) is 0 Å². The van der Waals surface area contributed by atoms with E-state index in [-0.39, 0.29) is 5.69 Å². The number of rotatable bonds is 2. The number of amides is 1. The van der Waals surface area contributed by atoms with Crippen LogP contribution >= 0.6 is 0 Å². The first-order valence-electron chi connectivity index (χ1n) is 6.02. The van der Waals surface area contributed by atoms with Gasteiger partial charge >= 0.3 is 6.18 Å². The number of carbonyl (C=O) groups is 1. The van der Waals surface area contributed by atoms with Crippen molar-refractivity contribution in [3.05, 3.63) is 29.8 Å². The Labute approximate surface area is 108 Å². The molecule has 0 spiro atoms. The molecular formula is C13H14F3NO2.